The molecule has 114 valence electrons. The number of benzene rings is 1. The van der Waals surface area contributed by atoms with Crippen LogP contribution in [0.5, 0.6) is 11.5 Å². The second-order valence-electron chi connectivity index (χ2n) is 7.75. The smallest absolute Gasteiger partial charge is 0.123 e. The zero-order valence-corrected chi connectivity index (χ0v) is 14.1. The van der Waals surface area contributed by atoms with Crippen molar-refractivity contribution < 1.29 is 10.2 Å². The van der Waals surface area contributed by atoms with E-state index in [-0.39, 0.29) is 10.8 Å². The summed E-state index contributed by atoms with van der Waals surface area (Å²) in [5.74, 6) is 0.681. The topological polar surface area (TPSA) is 40.5 Å². The van der Waals surface area contributed by atoms with Crippen molar-refractivity contribution in [3.05, 3.63) is 22.8 Å². The van der Waals surface area contributed by atoms with Gasteiger partial charge in [0, 0.05) is 16.7 Å². The minimum Gasteiger partial charge on any atom is -0.508 e. The first kappa shape index (κ1) is 16.9. The summed E-state index contributed by atoms with van der Waals surface area (Å²) in [6, 6.07) is 1.75. The molecule has 0 aliphatic rings. The van der Waals surface area contributed by atoms with Gasteiger partial charge in [0.25, 0.3) is 0 Å². The van der Waals surface area contributed by atoms with Gasteiger partial charge in [0.05, 0.1) is 0 Å². The molecule has 0 spiro atoms. The van der Waals surface area contributed by atoms with Gasteiger partial charge in [0.15, 0.2) is 0 Å². The quantitative estimate of drug-likeness (QED) is 0.761. The van der Waals surface area contributed by atoms with Crippen LogP contribution < -0.4 is 0 Å². The van der Waals surface area contributed by atoms with E-state index in [0.717, 1.165) is 36.0 Å². The van der Waals surface area contributed by atoms with Crippen molar-refractivity contribution in [3.63, 3.8) is 0 Å². The molecule has 0 saturated carbocycles. The van der Waals surface area contributed by atoms with Crippen LogP contribution in [0.2, 0.25) is 0 Å². The number of rotatable bonds is 3. The molecule has 0 atom stereocenters. The molecule has 1 rings (SSSR count). The normalized spacial score (nSPS) is 12.8. The average Bonchev–Trinajstić information content (AvgIpc) is 2.26. The molecule has 0 aromatic heterocycles. The average molecular weight is 278 g/mol. The van der Waals surface area contributed by atoms with Crippen LogP contribution in [0.15, 0.2) is 6.07 Å². The Bertz CT molecular complexity index is 474. The summed E-state index contributed by atoms with van der Waals surface area (Å²) < 4.78 is 0. The first-order valence-corrected chi connectivity index (χ1v) is 7.59. The third-order valence-corrected chi connectivity index (χ3v) is 3.72. The maximum Gasteiger partial charge on any atom is 0.123 e. The molecule has 2 N–H and O–H groups in total. The lowest BCUT2D eigenvalue weighted by Crippen LogP contribution is -2.19. The minimum absolute atomic E-state index is 0.189. The summed E-state index contributed by atoms with van der Waals surface area (Å²) in [6.45, 7) is 14.6. The van der Waals surface area contributed by atoms with Crippen molar-refractivity contribution in [1.82, 2.24) is 0 Å². The highest BCUT2D eigenvalue weighted by atomic mass is 16.3. The maximum atomic E-state index is 10.8. The van der Waals surface area contributed by atoms with Gasteiger partial charge in [-0.05, 0) is 29.7 Å². The summed E-state index contributed by atoms with van der Waals surface area (Å²) in [6.07, 6.45) is 2.91. The van der Waals surface area contributed by atoms with E-state index in [1.807, 2.05) is 0 Å². The van der Waals surface area contributed by atoms with Gasteiger partial charge in [0.2, 0.25) is 0 Å². The van der Waals surface area contributed by atoms with Crippen LogP contribution in [0, 0.1) is 0 Å². The molecule has 20 heavy (non-hydrogen) atoms. The SMILES string of the molecule is CCCCc1c(O)cc(C(C)(C)C)c(O)c1C(C)(C)C. The van der Waals surface area contributed by atoms with Crippen LogP contribution in [0.3, 0.4) is 0 Å². The minimum atomic E-state index is -0.190. The molecular formula is C18H30O2. The Morgan fingerprint density at radius 1 is 0.950 bits per heavy atom. The molecule has 2 nitrogen and oxygen atoms in total. The molecule has 0 saturated heterocycles. The van der Waals surface area contributed by atoms with Crippen molar-refractivity contribution in [2.45, 2.75) is 78.6 Å². The molecular weight excluding hydrogens is 248 g/mol. The van der Waals surface area contributed by atoms with E-state index < -0.39 is 0 Å². The van der Waals surface area contributed by atoms with E-state index in [1.165, 1.54) is 0 Å². The van der Waals surface area contributed by atoms with Gasteiger partial charge in [-0.25, -0.2) is 0 Å². The Morgan fingerprint density at radius 3 is 1.90 bits per heavy atom. The summed E-state index contributed by atoms with van der Waals surface area (Å²) >= 11 is 0. The Kier molecular flexibility index (Phi) is 4.78. The van der Waals surface area contributed by atoms with E-state index in [2.05, 4.69) is 48.5 Å². The maximum absolute atomic E-state index is 10.8. The molecule has 0 unspecified atom stereocenters. The second-order valence-corrected chi connectivity index (χ2v) is 7.75. The second kappa shape index (κ2) is 5.67. The summed E-state index contributed by atoms with van der Waals surface area (Å²) in [5.41, 5.74) is 2.25. The Hall–Kier alpha value is -1.18. The molecule has 1 aromatic rings. The molecule has 0 bridgehead atoms. The first-order valence-electron chi connectivity index (χ1n) is 7.59. The summed E-state index contributed by atoms with van der Waals surface area (Å²) in [5, 5.41) is 21.2. The van der Waals surface area contributed by atoms with Gasteiger partial charge in [0.1, 0.15) is 11.5 Å². The molecule has 0 radical (unpaired) electrons. The first-order chi connectivity index (χ1) is 9.00. The van der Waals surface area contributed by atoms with Gasteiger partial charge >= 0.3 is 0 Å². The van der Waals surface area contributed by atoms with E-state index in [4.69, 9.17) is 0 Å². The fourth-order valence-corrected chi connectivity index (χ4v) is 2.68. The zero-order valence-electron chi connectivity index (χ0n) is 14.1. The standard InChI is InChI=1S/C18H30O2/c1-8-9-10-12-14(19)11-13(17(2,3)4)16(20)15(12)18(5,6)7/h11,19-20H,8-10H2,1-7H3. The lowest BCUT2D eigenvalue weighted by Gasteiger charge is -2.30. The Balaban J connectivity index is 3.59. The van der Waals surface area contributed by atoms with Gasteiger partial charge in [-0.2, -0.15) is 0 Å². The highest BCUT2D eigenvalue weighted by molar-refractivity contribution is 5.57. The zero-order chi connectivity index (χ0) is 15.7. The van der Waals surface area contributed by atoms with Crippen molar-refractivity contribution in [1.29, 1.82) is 0 Å². The summed E-state index contributed by atoms with van der Waals surface area (Å²) in [4.78, 5) is 0. The van der Waals surface area contributed by atoms with E-state index in [1.54, 1.807) is 6.07 Å². The largest absolute Gasteiger partial charge is 0.508 e. The number of aromatic hydroxyl groups is 2. The summed E-state index contributed by atoms with van der Waals surface area (Å²) in [7, 11) is 0. The molecule has 0 amide bonds. The van der Waals surface area contributed by atoms with E-state index >= 15 is 0 Å². The molecule has 2 heteroatoms. The Labute approximate surface area is 123 Å². The van der Waals surface area contributed by atoms with Crippen molar-refractivity contribution in [2.24, 2.45) is 0 Å². The molecule has 0 aliphatic carbocycles. The predicted octanol–water partition coefficient (Wildman–Crippen LogP) is 5.04. The lowest BCUT2D eigenvalue weighted by molar-refractivity contribution is 0.407. The highest BCUT2D eigenvalue weighted by Gasteiger charge is 2.30. The van der Waals surface area contributed by atoms with Crippen LogP contribution >= 0.6 is 0 Å². The molecule has 0 aliphatic heterocycles. The van der Waals surface area contributed by atoms with Crippen LogP contribution in [0.1, 0.15) is 78.0 Å². The fraction of sp³-hybridized carbons (Fsp3) is 0.667. The lowest BCUT2D eigenvalue weighted by atomic mass is 9.76. The number of phenols is 2. The fourth-order valence-electron chi connectivity index (χ4n) is 2.68. The van der Waals surface area contributed by atoms with Gasteiger partial charge < -0.3 is 10.2 Å². The Morgan fingerprint density at radius 2 is 1.50 bits per heavy atom. The van der Waals surface area contributed by atoms with Crippen LogP contribution in [0.4, 0.5) is 0 Å². The van der Waals surface area contributed by atoms with Crippen molar-refractivity contribution in [2.75, 3.05) is 0 Å². The molecule has 1 aromatic carbocycles. The van der Waals surface area contributed by atoms with Crippen molar-refractivity contribution >= 4 is 0 Å². The van der Waals surface area contributed by atoms with Crippen molar-refractivity contribution in [3.8, 4) is 11.5 Å². The third kappa shape index (κ3) is 3.47. The van der Waals surface area contributed by atoms with Gasteiger partial charge in [-0.1, -0.05) is 54.9 Å². The van der Waals surface area contributed by atoms with Crippen LogP contribution in [-0.4, -0.2) is 10.2 Å². The molecule has 0 heterocycles. The van der Waals surface area contributed by atoms with Crippen LogP contribution in [-0.2, 0) is 17.3 Å². The number of hydrogen-bond acceptors (Lipinski definition) is 2. The third-order valence-electron chi connectivity index (χ3n) is 3.72. The monoisotopic (exact) mass is 278 g/mol. The number of unbranched alkanes of at least 4 members (excludes halogenated alkanes) is 1. The highest BCUT2D eigenvalue weighted by Crippen LogP contribution is 2.44. The number of phenolic OH excluding ortho intramolecular Hbond substituents is 2. The van der Waals surface area contributed by atoms with Gasteiger partial charge in [-0.3, -0.25) is 0 Å². The van der Waals surface area contributed by atoms with Gasteiger partial charge in [-0.15, -0.1) is 0 Å². The number of hydrogen-bond donors (Lipinski definition) is 2. The van der Waals surface area contributed by atoms with Crippen LogP contribution in [0.25, 0.3) is 0 Å². The van der Waals surface area contributed by atoms with E-state index in [9.17, 15) is 10.2 Å². The predicted molar refractivity (Wildman–Crippen MR) is 85.8 cm³/mol. The van der Waals surface area contributed by atoms with E-state index in [0.29, 0.717) is 11.5 Å². The molecule has 0 fully saturated rings.